The third kappa shape index (κ3) is 4.89. The van der Waals surface area contributed by atoms with E-state index in [1.54, 1.807) is 0 Å². The van der Waals surface area contributed by atoms with E-state index in [2.05, 4.69) is 17.4 Å². The van der Waals surface area contributed by atoms with Gasteiger partial charge in [-0.1, -0.05) is 76.2 Å². The maximum Gasteiger partial charge on any atom is 0.407 e. The highest BCUT2D eigenvalue weighted by atomic mass is 32.2. The minimum atomic E-state index is -1.03. The summed E-state index contributed by atoms with van der Waals surface area (Å²) >= 11 is 1.47. The fraction of sp³-hybridized carbons (Fsp3) is 0.444. The predicted molar refractivity (Wildman–Crippen MR) is 136 cm³/mol. The number of carboxylic acid groups (broad SMARTS) is 1. The van der Waals surface area contributed by atoms with Crippen molar-refractivity contribution in [3.8, 4) is 11.1 Å². The van der Waals surface area contributed by atoms with Gasteiger partial charge in [-0.05, 0) is 34.1 Å². The van der Waals surface area contributed by atoms with E-state index in [-0.39, 0.29) is 35.6 Å². The first-order valence-corrected chi connectivity index (χ1v) is 13.0. The quantitative estimate of drug-likeness (QED) is 0.583. The van der Waals surface area contributed by atoms with Gasteiger partial charge < -0.3 is 20.1 Å². The zero-order chi connectivity index (χ0) is 25.3. The van der Waals surface area contributed by atoms with Crippen LogP contribution < -0.4 is 5.32 Å². The summed E-state index contributed by atoms with van der Waals surface area (Å²) in [5, 5.41) is 12.2. The van der Waals surface area contributed by atoms with Crippen molar-refractivity contribution >= 4 is 29.7 Å². The Labute approximate surface area is 210 Å². The van der Waals surface area contributed by atoms with E-state index in [0.29, 0.717) is 5.75 Å². The van der Waals surface area contributed by atoms with E-state index in [9.17, 15) is 19.5 Å². The van der Waals surface area contributed by atoms with Crippen LogP contribution in [0.3, 0.4) is 0 Å². The van der Waals surface area contributed by atoms with Gasteiger partial charge in [0, 0.05) is 11.7 Å². The summed E-state index contributed by atoms with van der Waals surface area (Å²) in [6, 6.07) is 14.4. The fourth-order valence-corrected chi connectivity index (χ4v) is 6.43. The highest BCUT2D eigenvalue weighted by molar-refractivity contribution is 8.00. The molecule has 1 aliphatic carbocycles. The number of amides is 2. The zero-order valence-electron chi connectivity index (χ0n) is 20.4. The topological polar surface area (TPSA) is 95.9 Å². The first-order chi connectivity index (χ1) is 16.7. The zero-order valence-corrected chi connectivity index (χ0v) is 21.2. The van der Waals surface area contributed by atoms with Gasteiger partial charge in [-0.3, -0.25) is 4.79 Å². The van der Waals surface area contributed by atoms with Gasteiger partial charge >= 0.3 is 12.1 Å². The lowest BCUT2D eigenvalue weighted by Gasteiger charge is -2.34. The largest absolute Gasteiger partial charge is 0.480 e. The molecule has 1 saturated heterocycles. The van der Waals surface area contributed by atoms with Gasteiger partial charge in [0.25, 0.3) is 0 Å². The number of alkyl carbamates (subject to hydrolysis) is 1. The lowest BCUT2D eigenvalue weighted by atomic mass is 9.98. The number of aliphatic carboxylic acids is 1. The van der Waals surface area contributed by atoms with Crippen molar-refractivity contribution < 1.29 is 24.2 Å². The monoisotopic (exact) mass is 496 g/mol. The van der Waals surface area contributed by atoms with Gasteiger partial charge in [0.1, 0.15) is 18.7 Å². The Balaban J connectivity index is 1.47. The summed E-state index contributed by atoms with van der Waals surface area (Å²) in [5.74, 6) is -1.33. The van der Waals surface area contributed by atoms with Crippen LogP contribution in [0.15, 0.2) is 48.5 Å². The molecule has 0 bridgehead atoms. The SMILES string of the molecule is CC(C)C(NC(=O)OCC1c2ccccc2-c2ccccc21)C(=O)N1C(C(=O)O)CSC1C(C)C. The Morgan fingerprint density at radius 3 is 2.11 bits per heavy atom. The number of hydrogen-bond donors (Lipinski definition) is 2. The number of thioether (sulfide) groups is 1. The maximum absolute atomic E-state index is 13.5. The molecule has 2 aromatic rings. The first kappa shape index (κ1) is 25.1. The van der Waals surface area contributed by atoms with Crippen LogP contribution in [0.1, 0.15) is 44.7 Å². The normalized spacial score (nSPS) is 20.0. The molecule has 2 aromatic carbocycles. The number of carbonyl (C=O) groups excluding carboxylic acids is 2. The first-order valence-electron chi connectivity index (χ1n) is 12.0. The van der Waals surface area contributed by atoms with Crippen molar-refractivity contribution in [2.75, 3.05) is 12.4 Å². The Morgan fingerprint density at radius 1 is 1.03 bits per heavy atom. The summed E-state index contributed by atoms with van der Waals surface area (Å²) in [4.78, 5) is 39.6. The fourth-order valence-electron chi connectivity index (χ4n) is 4.95. The van der Waals surface area contributed by atoms with Crippen LogP contribution in [0.25, 0.3) is 11.1 Å². The number of carboxylic acids is 1. The van der Waals surface area contributed by atoms with E-state index in [1.807, 2.05) is 64.1 Å². The molecule has 7 nitrogen and oxygen atoms in total. The molecule has 0 spiro atoms. The van der Waals surface area contributed by atoms with Gasteiger partial charge in [0.05, 0.1) is 5.37 Å². The molecular formula is C27H32N2O5S. The van der Waals surface area contributed by atoms with Crippen molar-refractivity contribution in [3.63, 3.8) is 0 Å². The summed E-state index contributed by atoms with van der Waals surface area (Å²) in [6.45, 7) is 7.73. The number of nitrogens with zero attached hydrogens (tertiary/aromatic N) is 1. The summed E-state index contributed by atoms with van der Waals surface area (Å²) in [6.07, 6.45) is -0.682. The van der Waals surface area contributed by atoms with Crippen LogP contribution in [0, 0.1) is 11.8 Å². The molecule has 1 aliphatic heterocycles. The lowest BCUT2D eigenvalue weighted by molar-refractivity contribution is -0.150. The van der Waals surface area contributed by atoms with E-state index in [1.165, 1.54) is 16.7 Å². The highest BCUT2D eigenvalue weighted by Gasteiger charge is 2.45. The van der Waals surface area contributed by atoms with Crippen molar-refractivity contribution in [1.82, 2.24) is 10.2 Å². The average Bonchev–Trinajstić information content (AvgIpc) is 3.41. The third-order valence-corrected chi connectivity index (χ3v) is 8.32. The van der Waals surface area contributed by atoms with Crippen molar-refractivity contribution in [1.29, 1.82) is 0 Å². The molecule has 2 N–H and O–H groups in total. The molecule has 2 amide bonds. The minimum Gasteiger partial charge on any atom is -0.480 e. The van der Waals surface area contributed by atoms with Crippen LogP contribution in [0.5, 0.6) is 0 Å². The van der Waals surface area contributed by atoms with E-state index >= 15 is 0 Å². The number of rotatable bonds is 7. The van der Waals surface area contributed by atoms with Crippen LogP contribution in [-0.2, 0) is 14.3 Å². The minimum absolute atomic E-state index is 0.0792. The molecule has 3 atom stereocenters. The molecule has 186 valence electrons. The average molecular weight is 497 g/mol. The molecule has 0 aromatic heterocycles. The molecule has 35 heavy (non-hydrogen) atoms. The molecule has 8 heteroatoms. The summed E-state index contributed by atoms with van der Waals surface area (Å²) < 4.78 is 5.64. The van der Waals surface area contributed by atoms with Crippen LogP contribution >= 0.6 is 11.8 Å². The number of ether oxygens (including phenoxy) is 1. The predicted octanol–water partition coefficient (Wildman–Crippen LogP) is 4.56. The lowest BCUT2D eigenvalue weighted by Crippen LogP contribution is -2.57. The second-order valence-corrected chi connectivity index (χ2v) is 10.9. The molecule has 1 heterocycles. The van der Waals surface area contributed by atoms with Crippen molar-refractivity contribution in [2.24, 2.45) is 11.8 Å². The van der Waals surface area contributed by atoms with Gasteiger partial charge in [-0.25, -0.2) is 9.59 Å². The standard InChI is InChI=1S/C27H32N2O5S/c1-15(2)23(24(30)29-22(26(31)32)14-35-25(29)16(3)4)28-27(33)34-13-21-19-11-7-5-9-17(19)18-10-6-8-12-20(18)21/h5-12,15-16,21-23,25H,13-14H2,1-4H3,(H,28,33)(H,31,32). The van der Waals surface area contributed by atoms with Crippen molar-refractivity contribution in [2.45, 2.75) is 51.1 Å². The molecule has 0 saturated carbocycles. The Morgan fingerprint density at radius 2 is 1.60 bits per heavy atom. The second-order valence-electron chi connectivity index (χ2n) is 9.76. The van der Waals surface area contributed by atoms with Gasteiger partial charge in [-0.2, -0.15) is 0 Å². The Kier molecular flexibility index (Phi) is 7.40. The number of hydrogen-bond acceptors (Lipinski definition) is 5. The molecule has 2 aliphatic rings. The third-order valence-electron chi connectivity index (χ3n) is 6.69. The number of benzene rings is 2. The number of nitrogens with one attached hydrogen (secondary N) is 1. The number of fused-ring (bicyclic) bond motifs is 3. The van der Waals surface area contributed by atoms with E-state index in [0.717, 1.165) is 22.3 Å². The molecular weight excluding hydrogens is 464 g/mol. The highest BCUT2D eigenvalue weighted by Crippen LogP contribution is 2.44. The summed E-state index contributed by atoms with van der Waals surface area (Å²) in [7, 11) is 0. The summed E-state index contributed by atoms with van der Waals surface area (Å²) in [5.41, 5.74) is 4.49. The Bertz CT molecular complexity index is 1070. The molecule has 3 unspecified atom stereocenters. The van der Waals surface area contributed by atoms with E-state index in [4.69, 9.17) is 4.74 Å². The maximum atomic E-state index is 13.5. The van der Waals surface area contributed by atoms with E-state index < -0.39 is 24.1 Å². The van der Waals surface area contributed by atoms with Crippen LogP contribution in [0.2, 0.25) is 0 Å². The van der Waals surface area contributed by atoms with Crippen molar-refractivity contribution in [3.05, 3.63) is 59.7 Å². The van der Waals surface area contributed by atoms with Gasteiger partial charge in [0.2, 0.25) is 5.91 Å². The van der Waals surface area contributed by atoms with Gasteiger partial charge in [-0.15, -0.1) is 11.8 Å². The Hall–Kier alpha value is -3.00. The molecule has 1 fully saturated rings. The smallest absolute Gasteiger partial charge is 0.407 e. The van der Waals surface area contributed by atoms with Crippen LogP contribution in [0.4, 0.5) is 4.79 Å². The molecule has 4 rings (SSSR count). The van der Waals surface area contributed by atoms with Gasteiger partial charge in [0.15, 0.2) is 0 Å². The second kappa shape index (κ2) is 10.3. The number of carbonyl (C=O) groups is 3. The molecule has 0 radical (unpaired) electrons. The van der Waals surface area contributed by atoms with Crippen LogP contribution in [-0.4, -0.2) is 57.8 Å².